The van der Waals surface area contributed by atoms with E-state index in [0.29, 0.717) is 58.9 Å². The summed E-state index contributed by atoms with van der Waals surface area (Å²) in [5.41, 5.74) is -0.222. The summed E-state index contributed by atoms with van der Waals surface area (Å²) < 4.78 is 16.9. The summed E-state index contributed by atoms with van der Waals surface area (Å²) in [6.07, 6.45) is 2.72. The maximum atomic E-state index is 8.78. The van der Waals surface area contributed by atoms with E-state index in [1.807, 2.05) is 0 Å². The molecule has 0 aromatic carbocycles. The highest BCUT2D eigenvalue weighted by atomic mass is 16.5. The molecule has 3 N–H and O–H groups in total. The van der Waals surface area contributed by atoms with Crippen molar-refractivity contribution in [3.8, 4) is 0 Å². The summed E-state index contributed by atoms with van der Waals surface area (Å²) in [5.74, 6) is 0. The second-order valence-electron chi connectivity index (χ2n) is 5.24. The predicted molar refractivity (Wildman–Crippen MR) is 80.3 cm³/mol. The molecule has 0 heterocycles. The number of aliphatic hydroxyl groups is 3. The zero-order chi connectivity index (χ0) is 15.8. The van der Waals surface area contributed by atoms with Crippen LogP contribution in [0.2, 0.25) is 0 Å². The lowest BCUT2D eigenvalue weighted by molar-refractivity contribution is -0.0748. The fraction of sp³-hybridized carbons (Fsp3) is 1.00. The molecule has 0 spiro atoms. The van der Waals surface area contributed by atoms with Crippen LogP contribution in [0.25, 0.3) is 0 Å². The van der Waals surface area contributed by atoms with Crippen LogP contribution < -0.4 is 0 Å². The van der Waals surface area contributed by atoms with Crippen molar-refractivity contribution in [3.05, 3.63) is 0 Å². The Hall–Kier alpha value is -0.240. The average molecular weight is 308 g/mol. The number of hydrogen-bond donors (Lipinski definition) is 3. The Morgan fingerprint density at radius 2 is 1.00 bits per heavy atom. The van der Waals surface area contributed by atoms with Gasteiger partial charge in [-0.3, -0.25) is 0 Å². The maximum Gasteiger partial charge on any atom is 0.0566 e. The lowest BCUT2D eigenvalue weighted by atomic mass is 9.88. The number of rotatable bonds is 16. The van der Waals surface area contributed by atoms with Crippen molar-refractivity contribution >= 4 is 0 Å². The van der Waals surface area contributed by atoms with E-state index in [9.17, 15) is 0 Å². The molecule has 0 aromatic heterocycles. The van der Waals surface area contributed by atoms with Gasteiger partial charge in [0.15, 0.2) is 0 Å². The molecule has 21 heavy (non-hydrogen) atoms. The van der Waals surface area contributed by atoms with Crippen molar-refractivity contribution in [1.82, 2.24) is 0 Å². The minimum absolute atomic E-state index is 0.124. The number of ether oxygens (including phenoxy) is 3. The van der Waals surface area contributed by atoms with E-state index in [2.05, 4.69) is 6.92 Å². The van der Waals surface area contributed by atoms with E-state index in [0.717, 1.165) is 6.42 Å². The second-order valence-corrected chi connectivity index (χ2v) is 5.24. The zero-order valence-corrected chi connectivity index (χ0v) is 13.3. The average Bonchev–Trinajstić information content (AvgIpc) is 2.51. The highest BCUT2D eigenvalue weighted by Gasteiger charge is 2.29. The van der Waals surface area contributed by atoms with Gasteiger partial charge in [0.25, 0.3) is 0 Å². The molecule has 0 aromatic rings. The molecule has 0 saturated carbocycles. The quantitative estimate of drug-likeness (QED) is 0.362. The molecule has 0 aliphatic carbocycles. The molecule has 0 unspecified atom stereocenters. The van der Waals surface area contributed by atoms with Crippen molar-refractivity contribution in [2.24, 2.45) is 5.41 Å². The van der Waals surface area contributed by atoms with E-state index >= 15 is 0 Å². The van der Waals surface area contributed by atoms with Gasteiger partial charge in [0, 0.05) is 45.1 Å². The zero-order valence-electron chi connectivity index (χ0n) is 13.3. The molecule has 0 rings (SSSR count). The van der Waals surface area contributed by atoms with E-state index in [1.54, 1.807) is 0 Å². The van der Waals surface area contributed by atoms with Crippen molar-refractivity contribution < 1.29 is 29.5 Å². The fourth-order valence-electron chi connectivity index (χ4n) is 1.80. The Morgan fingerprint density at radius 3 is 1.24 bits per heavy atom. The van der Waals surface area contributed by atoms with Crippen LogP contribution in [0.15, 0.2) is 0 Å². The first-order valence-electron chi connectivity index (χ1n) is 7.80. The molecule has 6 heteroatoms. The van der Waals surface area contributed by atoms with E-state index in [-0.39, 0.29) is 25.2 Å². The molecule has 0 saturated heterocycles. The van der Waals surface area contributed by atoms with Crippen LogP contribution in [0.4, 0.5) is 0 Å². The maximum absolute atomic E-state index is 8.78. The number of aliphatic hydroxyl groups excluding tert-OH is 3. The van der Waals surface area contributed by atoms with Crippen LogP contribution in [-0.2, 0) is 14.2 Å². The third-order valence-electron chi connectivity index (χ3n) is 3.32. The Bertz CT molecular complexity index is 181. The molecule has 0 aliphatic rings. The molecule has 0 bridgehead atoms. The first-order valence-corrected chi connectivity index (χ1v) is 7.80. The molecule has 6 nitrogen and oxygen atoms in total. The smallest absolute Gasteiger partial charge is 0.0566 e. The first-order chi connectivity index (χ1) is 10.2. The monoisotopic (exact) mass is 308 g/mol. The highest BCUT2D eigenvalue weighted by Crippen LogP contribution is 2.24. The summed E-state index contributed by atoms with van der Waals surface area (Å²) in [6.45, 7) is 5.55. The van der Waals surface area contributed by atoms with Crippen LogP contribution in [0.3, 0.4) is 0 Å². The normalized spacial score (nSPS) is 12.0. The van der Waals surface area contributed by atoms with Crippen molar-refractivity contribution in [3.63, 3.8) is 0 Å². The van der Waals surface area contributed by atoms with Crippen molar-refractivity contribution in [1.29, 1.82) is 0 Å². The highest BCUT2D eigenvalue weighted by molar-refractivity contribution is 4.77. The molecule has 0 radical (unpaired) electrons. The summed E-state index contributed by atoms with van der Waals surface area (Å²) >= 11 is 0. The van der Waals surface area contributed by atoms with Crippen molar-refractivity contribution in [2.45, 2.75) is 32.6 Å². The molecule has 0 fully saturated rings. The Labute approximate surface area is 128 Å². The molecule has 0 aliphatic heterocycles. The van der Waals surface area contributed by atoms with Gasteiger partial charge in [-0.2, -0.15) is 0 Å². The van der Waals surface area contributed by atoms with Crippen LogP contribution in [-0.4, -0.2) is 74.8 Å². The van der Waals surface area contributed by atoms with E-state index in [1.165, 1.54) is 0 Å². The molecule has 128 valence electrons. The van der Waals surface area contributed by atoms with Gasteiger partial charge in [0.2, 0.25) is 0 Å². The Balaban J connectivity index is 4.22. The fourth-order valence-corrected chi connectivity index (χ4v) is 1.80. The summed E-state index contributed by atoms with van der Waals surface area (Å²) in [7, 11) is 0. The SMILES string of the molecule is CCC(COCCCO)(COCCCO)COCCCO. The summed E-state index contributed by atoms with van der Waals surface area (Å²) in [4.78, 5) is 0. The predicted octanol–water partition coefficient (Wildman–Crippen LogP) is 0.580. The topological polar surface area (TPSA) is 88.4 Å². The van der Waals surface area contributed by atoms with Gasteiger partial charge in [0.05, 0.1) is 19.8 Å². The third kappa shape index (κ3) is 11.0. The minimum Gasteiger partial charge on any atom is -0.396 e. The van der Waals surface area contributed by atoms with Crippen molar-refractivity contribution in [2.75, 3.05) is 59.5 Å². The van der Waals surface area contributed by atoms with E-state index < -0.39 is 0 Å². The van der Waals surface area contributed by atoms with Gasteiger partial charge in [-0.15, -0.1) is 0 Å². The summed E-state index contributed by atoms with van der Waals surface area (Å²) in [5, 5.41) is 26.3. The van der Waals surface area contributed by atoms with E-state index in [4.69, 9.17) is 29.5 Å². The molecule has 0 amide bonds. The van der Waals surface area contributed by atoms with Crippen LogP contribution in [0, 0.1) is 5.41 Å². The van der Waals surface area contributed by atoms with Gasteiger partial charge in [-0.05, 0) is 25.7 Å². The Kier molecular flexibility index (Phi) is 14.5. The molecule has 0 atom stereocenters. The van der Waals surface area contributed by atoms with Gasteiger partial charge in [0.1, 0.15) is 0 Å². The van der Waals surface area contributed by atoms with Gasteiger partial charge >= 0.3 is 0 Å². The largest absolute Gasteiger partial charge is 0.396 e. The molecular weight excluding hydrogens is 276 g/mol. The second kappa shape index (κ2) is 14.7. The van der Waals surface area contributed by atoms with Crippen LogP contribution in [0.1, 0.15) is 32.6 Å². The lowest BCUT2D eigenvalue weighted by Crippen LogP contribution is -2.37. The minimum atomic E-state index is -0.222. The van der Waals surface area contributed by atoms with Gasteiger partial charge < -0.3 is 29.5 Å². The summed E-state index contributed by atoms with van der Waals surface area (Å²) in [6, 6.07) is 0. The van der Waals surface area contributed by atoms with Gasteiger partial charge in [-0.1, -0.05) is 6.92 Å². The van der Waals surface area contributed by atoms with Crippen LogP contribution in [0.5, 0.6) is 0 Å². The lowest BCUT2D eigenvalue weighted by Gasteiger charge is -2.32. The molecular formula is C15H32O6. The third-order valence-corrected chi connectivity index (χ3v) is 3.32. The van der Waals surface area contributed by atoms with Gasteiger partial charge in [-0.25, -0.2) is 0 Å². The standard InChI is InChI=1S/C15H32O6/c1-2-15(12-19-9-3-6-16,13-20-10-4-7-17)14-21-11-5-8-18/h16-18H,2-14H2,1H3. The first kappa shape index (κ1) is 20.8. The Morgan fingerprint density at radius 1 is 0.667 bits per heavy atom. The van der Waals surface area contributed by atoms with Crippen LogP contribution >= 0.6 is 0 Å². The number of hydrogen-bond acceptors (Lipinski definition) is 6.